The van der Waals surface area contributed by atoms with E-state index in [1.165, 1.54) is 7.11 Å². The lowest BCUT2D eigenvalue weighted by Gasteiger charge is -2.11. The molecule has 1 rings (SSSR count). The highest BCUT2D eigenvalue weighted by Gasteiger charge is 2.07. The van der Waals surface area contributed by atoms with Gasteiger partial charge in [0.25, 0.3) is 0 Å². The van der Waals surface area contributed by atoms with Gasteiger partial charge in [-0.2, -0.15) is 0 Å². The summed E-state index contributed by atoms with van der Waals surface area (Å²) in [6.45, 7) is 1.94. The van der Waals surface area contributed by atoms with E-state index in [9.17, 15) is 9.59 Å². The average molecular weight is 236 g/mol. The summed E-state index contributed by atoms with van der Waals surface area (Å²) in [5.74, 6) is 0.461. The molecule has 92 valence electrons. The Morgan fingerprint density at radius 3 is 2.82 bits per heavy atom. The maximum Gasteiger partial charge on any atom is 0.224 e. The van der Waals surface area contributed by atoms with Crippen molar-refractivity contribution in [2.24, 2.45) is 0 Å². The molecular weight excluding hydrogens is 220 g/mol. The second kappa shape index (κ2) is 6.52. The normalized spacial score (nSPS) is 9.53. The van der Waals surface area contributed by atoms with Crippen LogP contribution in [0.3, 0.4) is 0 Å². The molecule has 0 spiro atoms. The van der Waals surface area contributed by atoms with Crippen molar-refractivity contribution in [1.82, 2.24) is 0 Å². The van der Waals surface area contributed by atoms with Crippen molar-refractivity contribution in [1.29, 1.82) is 0 Å². The Kier molecular flexibility index (Phi) is 5.00. The molecule has 1 aromatic carbocycles. The summed E-state index contributed by atoms with van der Waals surface area (Å²) in [7, 11) is 1.51. The number of methoxy groups -OCH3 is 1. The highest BCUT2D eigenvalue weighted by atomic mass is 16.5. The van der Waals surface area contributed by atoms with Crippen molar-refractivity contribution in [3.05, 3.63) is 18.2 Å². The minimum absolute atomic E-state index is 0.0538. The standard InChI is InChI=1S/C12H16N2O3/c1-3-4-12(16)14-10-6-5-9(13-8-15)7-11(10)17-2/h5-8H,3-4H2,1-2H3,(H,13,15)(H,14,16). The Morgan fingerprint density at radius 1 is 1.47 bits per heavy atom. The van der Waals surface area contributed by atoms with E-state index >= 15 is 0 Å². The molecule has 0 saturated heterocycles. The van der Waals surface area contributed by atoms with Crippen LogP contribution in [0.2, 0.25) is 0 Å². The molecule has 1 aromatic rings. The van der Waals surface area contributed by atoms with E-state index in [2.05, 4.69) is 10.6 Å². The molecule has 0 aliphatic heterocycles. The van der Waals surface area contributed by atoms with Gasteiger partial charge in [-0.3, -0.25) is 9.59 Å². The number of carbonyl (C=O) groups excluding carboxylic acids is 2. The van der Waals surface area contributed by atoms with E-state index in [4.69, 9.17) is 4.74 Å². The number of benzene rings is 1. The maximum absolute atomic E-state index is 11.5. The molecule has 0 heterocycles. The van der Waals surface area contributed by atoms with Gasteiger partial charge in [-0.1, -0.05) is 6.92 Å². The van der Waals surface area contributed by atoms with Gasteiger partial charge in [0.2, 0.25) is 12.3 Å². The molecule has 5 heteroatoms. The van der Waals surface area contributed by atoms with E-state index < -0.39 is 0 Å². The van der Waals surface area contributed by atoms with Gasteiger partial charge in [-0.05, 0) is 18.6 Å². The first-order valence-corrected chi connectivity index (χ1v) is 5.39. The lowest BCUT2D eigenvalue weighted by Crippen LogP contribution is -2.11. The van der Waals surface area contributed by atoms with Gasteiger partial charge >= 0.3 is 0 Å². The quantitative estimate of drug-likeness (QED) is 0.742. The predicted octanol–water partition coefficient (Wildman–Crippen LogP) is 2.00. The van der Waals surface area contributed by atoms with Gasteiger partial charge < -0.3 is 15.4 Å². The number of hydrogen-bond donors (Lipinski definition) is 2. The fraction of sp³-hybridized carbons (Fsp3) is 0.333. The first-order valence-electron chi connectivity index (χ1n) is 5.39. The van der Waals surface area contributed by atoms with Crippen molar-refractivity contribution < 1.29 is 14.3 Å². The lowest BCUT2D eigenvalue weighted by atomic mass is 10.2. The highest BCUT2D eigenvalue weighted by molar-refractivity contribution is 5.92. The summed E-state index contributed by atoms with van der Waals surface area (Å²) in [5.41, 5.74) is 1.22. The minimum atomic E-state index is -0.0538. The van der Waals surface area contributed by atoms with Gasteiger partial charge in [-0.15, -0.1) is 0 Å². The van der Waals surface area contributed by atoms with Crippen LogP contribution in [-0.4, -0.2) is 19.4 Å². The average Bonchev–Trinajstić information content (AvgIpc) is 2.31. The van der Waals surface area contributed by atoms with E-state index in [0.29, 0.717) is 30.0 Å². The highest BCUT2D eigenvalue weighted by Crippen LogP contribution is 2.27. The van der Waals surface area contributed by atoms with E-state index in [-0.39, 0.29) is 5.91 Å². The summed E-state index contributed by atoms with van der Waals surface area (Å²) >= 11 is 0. The van der Waals surface area contributed by atoms with Crippen molar-refractivity contribution >= 4 is 23.7 Å². The molecule has 0 saturated carbocycles. The number of nitrogens with one attached hydrogen (secondary N) is 2. The summed E-state index contributed by atoms with van der Waals surface area (Å²) in [5, 5.41) is 5.27. The molecule has 0 bridgehead atoms. The monoisotopic (exact) mass is 236 g/mol. The summed E-state index contributed by atoms with van der Waals surface area (Å²) in [4.78, 5) is 21.8. The largest absolute Gasteiger partial charge is 0.494 e. The molecule has 2 N–H and O–H groups in total. The minimum Gasteiger partial charge on any atom is -0.494 e. The second-order valence-corrected chi connectivity index (χ2v) is 3.48. The third-order valence-corrected chi connectivity index (χ3v) is 2.18. The van der Waals surface area contributed by atoms with Gasteiger partial charge in [0.1, 0.15) is 5.75 Å². The zero-order valence-corrected chi connectivity index (χ0v) is 9.95. The third-order valence-electron chi connectivity index (χ3n) is 2.18. The van der Waals surface area contributed by atoms with Crippen molar-refractivity contribution in [3.63, 3.8) is 0 Å². The van der Waals surface area contributed by atoms with E-state index in [1.807, 2.05) is 6.92 Å². The molecule has 0 aliphatic carbocycles. The fourth-order valence-electron chi connectivity index (χ4n) is 1.39. The molecule has 17 heavy (non-hydrogen) atoms. The second-order valence-electron chi connectivity index (χ2n) is 3.48. The van der Waals surface area contributed by atoms with Crippen LogP contribution in [-0.2, 0) is 9.59 Å². The lowest BCUT2D eigenvalue weighted by molar-refractivity contribution is -0.116. The summed E-state index contributed by atoms with van der Waals surface area (Å²) in [6.07, 6.45) is 1.85. The Bertz CT molecular complexity index is 405. The van der Waals surface area contributed by atoms with Gasteiger partial charge in [0, 0.05) is 18.2 Å². The van der Waals surface area contributed by atoms with Crippen LogP contribution in [0, 0.1) is 0 Å². The van der Waals surface area contributed by atoms with Crippen LogP contribution < -0.4 is 15.4 Å². The van der Waals surface area contributed by atoms with Gasteiger partial charge in [0.15, 0.2) is 0 Å². The first-order chi connectivity index (χ1) is 8.21. The Balaban J connectivity index is 2.84. The number of carbonyl (C=O) groups is 2. The third kappa shape index (κ3) is 3.79. The Hall–Kier alpha value is -2.04. The van der Waals surface area contributed by atoms with Crippen LogP contribution in [0.15, 0.2) is 18.2 Å². The molecule has 0 fully saturated rings. The van der Waals surface area contributed by atoms with E-state index in [1.54, 1.807) is 18.2 Å². The van der Waals surface area contributed by atoms with E-state index in [0.717, 1.165) is 6.42 Å². The molecule has 2 amide bonds. The van der Waals surface area contributed by atoms with Crippen LogP contribution in [0.5, 0.6) is 5.75 Å². The Labute approximate surface area is 100 Å². The molecule has 0 aromatic heterocycles. The molecule has 0 radical (unpaired) electrons. The maximum atomic E-state index is 11.5. The Morgan fingerprint density at radius 2 is 2.24 bits per heavy atom. The zero-order chi connectivity index (χ0) is 12.7. The topological polar surface area (TPSA) is 67.4 Å². The van der Waals surface area contributed by atoms with Crippen LogP contribution in [0.25, 0.3) is 0 Å². The zero-order valence-electron chi connectivity index (χ0n) is 9.95. The van der Waals surface area contributed by atoms with Crippen molar-refractivity contribution in [2.45, 2.75) is 19.8 Å². The first kappa shape index (κ1) is 13.0. The molecule has 0 unspecified atom stereocenters. The molecular formula is C12H16N2O3. The number of ether oxygens (including phenoxy) is 1. The SMILES string of the molecule is CCCC(=O)Nc1ccc(NC=O)cc1OC. The van der Waals surface area contributed by atoms with Gasteiger partial charge in [0.05, 0.1) is 12.8 Å². The molecule has 0 aliphatic rings. The van der Waals surface area contributed by atoms with Crippen LogP contribution >= 0.6 is 0 Å². The fourth-order valence-corrected chi connectivity index (χ4v) is 1.39. The van der Waals surface area contributed by atoms with Gasteiger partial charge in [-0.25, -0.2) is 0 Å². The summed E-state index contributed by atoms with van der Waals surface area (Å²) < 4.78 is 5.14. The smallest absolute Gasteiger partial charge is 0.224 e. The number of rotatable bonds is 6. The summed E-state index contributed by atoms with van der Waals surface area (Å²) in [6, 6.07) is 5.03. The van der Waals surface area contributed by atoms with Crippen LogP contribution in [0.4, 0.5) is 11.4 Å². The van der Waals surface area contributed by atoms with Crippen LogP contribution in [0.1, 0.15) is 19.8 Å². The molecule has 0 atom stereocenters. The number of hydrogen-bond acceptors (Lipinski definition) is 3. The molecule has 5 nitrogen and oxygen atoms in total. The number of amides is 2. The predicted molar refractivity (Wildman–Crippen MR) is 66.2 cm³/mol. The van der Waals surface area contributed by atoms with Crippen molar-refractivity contribution in [2.75, 3.05) is 17.7 Å². The number of anilines is 2. The van der Waals surface area contributed by atoms with Crippen molar-refractivity contribution in [3.8, 4) is 5.75 Å².